The van der Waals surface area contributed by atoms with E-state index in [9.17, 15) is 0 Å². The molecule has 0 aliphatic rings. The minimum absolute atomic E-state index is 0.767. The van der Waals surface area contributed by atoms with Crippen molar-refractivity contribution in [1.29, 1.82) is 0 Å². The number of rotatable bonds is 14. The van der Waals surface area contributed by atoms with E-state index in [0.29, 0.717) is 0 Å². The molecule has 0 saturated heterocycles. The Morgan fingerprint density at radius 3 is 2.59 bits per heavy atom. The SMILES string of the molecule is C/C=C(/OCCCCCC)C(=NC)/C(=C/CCCC)CCc1cccnc1. The van der Waals surface area contributed by atoms with Gasteiger partial charge in [0.25, 0.3) is 0 Å². The average molecular weight is 371 g/mol. The highest BCUT2D eigenvalue weighted by Gasteiger charge is 2.13. The summed E-state index contributed by atoms with van der Waals surface area (Å²) in [6.45, 7) is 7.27. The van der Waals surface area contributed by atoms with Crippen molar-refractivity contribution < 1.29 is 4.74 Å². The van der Waals surface area contributed by atoms with E-state index in [1.54, 1.807) is 0 Å². The molecule has 0 bridgehead atoms. The Morgan fingerprint density at radius 2 is 1.96 bits per heavy atom. The van der Waals surface area contributed by atoms with Gasteiger partial charge >= 0.3 is 0 Å². The number of unbranched alkanes of at least 4 members (excludes halogenated alkanes) is 5. The highest BCUT2D eigenvalue weighted by molar-refractivity contribution is 6.11. The van der Waals surface area contributed by atoms with Gasteiger partial charge in [0, 0.05) is 19.4 Å². The van der Waals surface area contributed by atoms with Gasteiger partial charge in [-0.2, -0.15) is 0 Å². The zero-order valence-electron chi connectivity index (χ0n) is 17.8. The van der Waals surface area contributed by atoms with Crippen molar-refractivity contribution in [3.05, 3.63) is 53.6 Å². The van der Waals surface area contributed by atoms with Crippen LogP contribution < -0.4 is 0 Å². The first-order chi connectivity index (χ1) is 13.3. The molecule has 1 rings (SSSR count). The van der Waals surface area contributed by atoms with Crippen molar-refractivity contribution in [1.82, 2.24) is 4.98 Å². The van der Waals surface area contributed by atoms with Gasteiger partial charge in [-0.3, -0.25) is 9.98 Å². The summed E-state index contributed by atoms with van der Waals surface area (Å²) >= 11 is 0. The molecule has 1 aromatic rings. The average Bonchev–Trinajstić information content (AvgIpc) is 2.71. The Bertz CT molecular complexity index is 588. The molecule has 3 heteroatoms. The molecule has 0 N–H and O–H groups in total. The molecule has 1 aromatic heterocycles. The van der Waals surface area contributed by atoms with Crippen LogP contribution in [-0.4, -0.2) is 24.4 Å². The van der Waals surface area contributed by atoms with Gasteiger partial charge in [0.05, 0.1) is 6.61 Å². The van der Waals surface area contributed by atoms with Crippen molar-refractivity contribution in [2.75, 3.05) is 13.7 Å². The van der Waals surface area contributed by atoms with Crippen LogP contribution in [0, 0.1) is 0 Å². The van der Waals surface area contributed by atoms with Gasteiger partial charge in [0.15, 0.2) is 0 Å². The number of aromatic nitrogens is 1. The van der Waals surface area contributed by atoms with Crippen LogP contribution in [0.4, 0.5) is 0 Å². The summed E-state index contributed by atoms with van der Waals surface area (Å²) in [4.78, 5) is 8.84. The normalized spacial score (nSPS) is 13.1. The third kappa shape index (κ3) is 9.55. The summed E-state index contributed by atoms with van der Waals surface area (Å²) in [5.41, 5.74) is 3.56. The Morgan fingerprint density at radius 1 is 1.15 bits per heavy atom. The number of pyridine rings is 1. The lowest BCUT2D eigenvalue weighted by atomic mass is 9.98. The molecule has 0 fully saturated rings. The summed E-state index contributed by atoms with van der Waals surface area (Å²) in [7, 11) is 1.87. The second-order valence-corrected chi connectivity index (χ2v) is 6.87. The number of aliphatic imine (C=N–C) groups is 1. The second-order valence-electron chi connectivity index (χ2n) is 6.87. The zero-order valence-corrected chi connectivity index (χ0v) is 17.8. The predicted octanol–water partition coefficient (Wildman–Crippen LogP) is 6.70. The third-order valence-electron chi connectivity index (χ3n) is 4.63. The van der Waals surface area contributed by atoms with Crippen LogP contribution in [0.5, 0.6) is 0 Å². The van der Waals surface area contributed by atoms with Crippen molar-refractivity contribution in [2.24, 2.45) is 4.99 Å². The first-order valence-corrected chi connectivity index (χ1v) is 10.6. The van der Waals surface area contributed by atoms with Gasteiger partial charge in [-0.1, -0.05) is 58.1 Å². The number of ether oxygens (including phenoxy) is 1. The minimum Gasteiger partial charge on any atom is -0.492 e. The fraction of sp³-hybridized carbons (Fsp3) is 0.583. The molecule has 1 heterocycles. The third-order valence-corrected chi connectivity index (χ3v) is 4.63. The van der Waals surface area contributed by atoms with E-state index in [4.69, 9.17) is 4.74 Å². The van der Waals surface area contributed by atoms with E-state index in [1.165, 1.54) is 43.2 Å². The molecule has 0 aromatic carbocycles. The molecular formula is C24H38N2O. The maximum absolute atomic E-state index is 6.11. The van der Waals surface area contributed by atoms with Gasteiger partial charge in [-0.25, -0.2) is 0 Å². The lowest BCUT2D eigenvalue weighted by Crippen LogP contribution is -2.12. The molecule has 0 unspecified atom stereocenters. The van der Waals surface area contributed by atoms with Gasteiger partial charge < -0.3 is 4.74 Å². The standard InChI is InChI=1S/C24H38N2O/c1-5-8-10-12-19-27-23(7-3)24(25-4)22(15-11-9-6-2)17-16-21-14-13-18-26-20-21/h7,13-15,18,20H,5-6,8-12,16-17,19H2,1-4H3/b22-15+,23-7+,25-24?. The highest BCUT2D eigenvalue weighted by Crippen LogP contribution is 2.18. The first kappa shape index (κ1) is 23.1. The summed E-state index contributed by atoms with van der Waals surface area (Å²) in [5, 5.41) is 0. The maximum atomic E-state index is 6.11. The van der Waals surface area contributed by atoms with Crippen LogP contribution in [0.15, 0.2) is 53.0 Å². The monoisotopic (exact) mass is 370 g/mol. The zero-order chi connectivity index (χ0) is 19.7. The lowest BCUT2D eigenvalue weighted by Gasteiger charge is -2.16. The lowest BCUT2D eigenvalue weighted by molar-refractivity contribution is 0.222. The molecule has 150 valence electrons. The van der Waals surface area contributed by atoms with E-state index in [2.05, 4.69) is 42.0 Å². The Balaban J connectivity index is 2.79. The maximum Gasteiger partial charge on any atom is 0.140 e. The molecule has 0 saturated carbocycles. The summed E-state index contributed by atoms with van der Waals surface area (Å²) in [6, 6.07) is 4.14. The Kier molecular flexibility index (Phi) is 13.0. The Hall–Kier alpha value is -1.90. The second kappa shape index (κ2) is 15.2. The van der Waals surface area contributed by atoms with E-state index < -0.39 is 0 Å². The van der Waals surface area contributed by atoms with E-state index in [1.807, 2.05) is 32.4 Å². The smallest absolute Gasteiger partial charge is 0.140 e. The Labute approximate surface area is 166 Å². The quantitative estimate of drug-likeness (QED) is 0.207. The molecule has 0 amide bonds. The van der Waals surface area contributed by atoms with Gasteiger partial charge in [0.2, 0.25) is 0 Å². The largest absolute Gasteiger partial charge is 0.492 e. The molecule has 27 heavy (non-hydrogen) atoms. The van der Waals surface area contributed by atoms with Crippen molar-refractivity contribution in [3.8, 4) is 0 Å². The van der Waals surface area contributed by atoms with Gasteiger partial charge in [-0.05, 0) is 55.9 Å². The molecule has 0 aliphatic heterocycles. The van der Waals surface area contributed by atoms with Crippen LogP contribution in [0.25, 0.3) is 0 Å². The summed E-state index contributed by atoms with van der Waals surface area (Å²) in [5.74, 6) is 0.919. The molecule has 3 nitrogen and oxygen atoms in total. The fourth-order valence-corrected chi connectivity index (χ4v) is 3.03. The molecule has 0 spiro atoms. The summed E-state index contributed by atoms with van der Waals surface area (Å²) in [6.07, 6.45) is 18.5. The number of allylic oxidation sites excluding steroid dienone is 3. The van der Waals surface area contributed by atoms with Crippen LogP contribution in [0.1, 0.15) is 77.7 Å². The van der Waals surface area contributed by atoms with Crippen molar-refractivity contribution in [3.63, 3.8) is 0 Å². The highest BCUT2D eigenvalue weighted by atomic mass is 16.5. The first-order valence-electron chi connectivity index (χ1n) is 10.6. The van der Waals surface area contributed by atoms with Crippen molar-refractivity contribution >= 4 is 5.71 Å². The predicted molar refractivity (Wildman–Crippen MR) is 117 cm³/mol. The number of hydrogen-bond acceptors (Lipinski definition) is 3. The van der Waals surface area contributed by atoms with E-state index >= 15 is 0 Å². The van der Waals surface area contributed by atoms with E-state index in [0.717, 1.165) is 43.8 Å². The minimum atomic E-state index is 0.767. The van der Waals surface area contributed by atoms with E-state index in [-0.39, 0.29) is 0 Å². The van der Waals surface area contributed by atoms with Crippen LogP contribution in [-0.2, 0) is 11.2 Å². The molecule has 0 atom stereocenters. The van der Waals surface area contributed by atoms with Crippen LogP contribution >= 0.6 is 0 Å². The van der Waals surface area contributed by atoms with Gasteiger partial charge in [-0.15, -0.1) is 0 Å². The number of aryl methyl sites for hydroxylation is 1. The van der Waals surface area contributed by atoms with Crippen LogP contribution in [0.2, 0.25) is 0 Å². The fourth-order valence-electron chi connectivity index (χ4n) is 3.03. The molecule has 0 radical (unpaired) electrons. The van der Waals surface area contributed by atoms with Gasteiger partial charge in [0.1, 0.15) is 11.5 Å². The van der Waals surface area contributed by atoms with Crippen molar-refractivity contribution in [2.45, 2.75) is 78.6 Å². The molecular weight excluding hydrogens is 332 g/mol. The van der Waals surface area contributed by atoms with Crippen LogP contribution in [0.3, 0.4) is 0 Å². The topological polar surface area (TPSA) is 34.5 Å². The summed E-state index contributed by atoms with van der Waals surface area (Å²) < 4.78 is 6.11. The molecule has 0 aliphatic carbocycles. The number of hydrogen-bond donors (Lipinski definition) is 0. The number of nitrogens with zero attached hydrogens (tertiary/aromatic N) is 2.